The first-order valence-corrected chi connectivity index (χ1v) is 5.87. The summed E-state index contributed by atoms with van der Waals surface area (Å²) in [6.45, 7) is 3.49. The molecule has 1 atom stereocenters. The monoisotopic (exact) mass is 234 g/mol. The molecule has 0 aromatic heterocycles. The summed E-state index contributed by atoms with van der Waals surface area (Å²) in [6.07, 6.45) is 0.847. The molecule has 1 amide bonds. The van der Waals surface area contributed by atoms with Crippen LogP contribution in [0.1, 0.15) is 18.9 Å². The number of aliphatic hydroxyl groups excluding tert-OH is 1. The third-order valence-electron chi connectivity index (χ3n) is 3.35. The molecule has 1 heterocycles. The largest absolute Gasteiger partial charge is 0.392 e. The van der Waals surface area contributed by atoms with Gasteiger partial charge in [-0.1, -0.05) is 18.2 Å². The summed E-state index contributed by atoms with van der Waals surface area (Å²) in [4.78, 5) is 12.2. The number of hydrogen-bond donors (Lipinski definition) is 3. The fourth-order valence-electron chi connectivity index (χ4n) is 2.06. The summed E-state index contributed by atoms with van der Waals surface area (Å²) >= 11 is 0. The van der Waals surface area contributed by atoms with E-state index in [1.54, 1.807) is 0 Å². The van der Waals surface area contributed by atoms with Crippen molar-refractivity contribution in [2.75, 3.05) is 18.4 Å². The van der Waals surface area contributed by atoms with E-state index >= 15 is 0 Å². The van der Waals surface area contributed by atoms with Gasteiger partial charge in [-0.05, 0) is 26.0 Å². The summed E-state index contributed by atoms with van der Waals surface area (Å²) in [6, 6.07) is 7.32. The van der Waals surface area contributed by atoms with Gasteiger partial charge in [-0.25, -0.2) is 0 Å². The number of benzene rings is 1. The van der Waals surface area contributed by atoms with E-state index in [1.165, 1.54) is 0 Å². The van der Waals surface area contributed by atoms with Crippen molar-refractivity contribution in [3.63, 3.8) is 0 Å². The summed E-state index contributed by atoms with van der Waals surface area (Å²) in [5, 5.41) is 15.3. The number of nitrogens with one attached hydrogen (secondary N) is 2. The summed E-state index contributed by atoms with van der Waals surface area (Å²) < 4.78 is 0. The molecule has 4 nitrogen and oxygen atoms in total. The molecular weight excluding hydrogens is 216 g/mol. The zero-order valence-electron chi connectivity index (χ0n) is 9.99. The second-order valence-corrected chi connectivity index (χ2v) is 4.76. The van der Waals surface area contributed by atoms with Crippen molar-refractivity contribution >= 4 is 11.6 Å². The van der Waals surface area contributed by atoms with Crippen molar-refractivity contribution in [3.8, 4) is 0 Å². The summed E-state index contributed by atoms with van der Waals surface area (Å²) in [7, 11) is 0. The minimum atomic E-state index is -0.345. The standard InChI is InChI=1S/C13H18N2O2/c1-13(6-7-14-9-13)12(17)15-11-5-3-2-4-10(11)8-16/h2-5,14,16H,6-9H2,1H3,(H,15,17). The molecule has 4 heteroatoms. The lowest BCUT2D eigenvalue weighted by Gasteiger charge is -2.22. The van der Waals surface area contributed by atoms with Crippen molar-refractivity contribution < 1.29 is 9.90 Å². The Morgan fingerprint density at radius 3 is 2.94 bits per heavy atom. The SMILES string of the molecule is CC1(C(=O)Nc2ccccc2CO)CCNC1. The summed E-state index contributed by atoms with van der Waals surface area (Å²) in [5.74, 6) is 0.0170. The molecule has 1 fully saturated rings. The highest BCUT2D eigenvalue weighted by molar-refractivity contribution is 5.96. The van der Waals surface area contributed by atoms with Gasteiger partial charge >= 0.3 is 0 Å². The van der Waals surface area contributed by atoms with Crippen LogP contribution >= 0.6 is 0 Å². The average molecular weight is 234 g/mol. The molecule has 0 bridgehead atoms. The number of anilines is 1. The quantitative estimate of drug-likeness (QED) is 0.734. The van der Waals surface area contributed by atoms with Crippen LogP contribution in [0, 0.1) is 5.41 Å². The Labute approximate surface area is 101 Å². The molecule has 1 aliphatic heterocycles. The maximum absolute atomic E-state index is 12.2. The molecule has 17 heavy (non-hydrogen) atoms. The highest BCUT2D eigenvalue weighted by Gasteiger charge is 2.36. The Bertz CT molecular complexity index is 412. The second-order valence-electron chi connectivity index (χ2n) is 4.76. The molecule has 0 aliphatic carbocycles. The Morgan fingerprint density at radius 2 is 2.29 bits per heavy atom. The van der Waals surface area contributed by atoms with Crippen LogP contribution in [0.2, 0.25) is 0 Å². The van der Waals surface area contributed by atoms with E-state index in [1.807, 2.05) is 31.2 Å². The predicted molar refractivity (Wildman–Crippen MR) is 66.6 cm³/mol. The van der Waals surface area contributed by atoms with Crippen LogP contribution in [0.3, 0.4) is 0 Å². The van der Waals surface area contributed by atoms with Gasteiger partial charge < -0.3 is 15.7 Å². The highest BCUT2D eigenvalue weighted by atomic mass is 16.3. The van der Waals surface area contributed by atoms with Crippen LogP contribution in [0.25, 0.3) is 0 Å². The second kappa shape index (κ2) is 4.85. The Morgan fingerprint density at radius 1 is 1.53 bits per heavy atom. The van der Waals surface area contributed by atoms with Gasteiger partial charge in [-0.2, -0.15) is 0 Å². The van der Waals surface area contributed by atoms with Crippen LogP contribution in [0.5, 0.6) is 0 Å². The lowest BCUT2D eigenvalue weighted by molar-refractivity contribution is -0.123. The molecule has 1 aromatic rings. The molecule has 0 radical (unpaired) electrons. The third kappa shape index (κ3) is 2.48. The first-order chi connectivity index (χ1) is 8.15. The first-order valence-electron chi connectivity index (χ1n) is 5.87. The van der Waals surface area contributed by atoms with Gasteiger partial charge in [0, 0.05) is 17.8 Å². The maximum Gasteiger partial charge on any atom is 0.231 e. The molecular formula is C13H18N2O2. The van der Waals surface area contributed by atoms with Gasteiger partial charge in [-0.3, -0.25) is 4.79 Å². The smallest absolute Gasteiger partial charge is 0.231 e. The van der Waals surface area contributed by atoms with Gasteiger partial charge in [0.1, 0.15) is 0 Å². The fraction of sp³-hybridized carbons (Fsp3) is 0.462. The molecule has 1 saturated heterocycles. The molecule has 3 N–H and O–H groups in total. The van der Waals surface area contributed by atoms with E-state index in [-0.39, 0.29) is 17.9 Å². The summed E-state index contributed by atoms with van der Waals surface area (Å²) in [5.41, 5.74) is 1.10. The lowest BCUT2D eigenvalue weighted by Crippen LogP contribution is -2.35. The predicted octanol–water partition coefficient (Wildman–Crippen LogP) is 1.12. The molecule has 0 saturated carbocycles. The maximum atomic E-state index is 12.2. The zero-order chi connectivity index (χ0) is 12.3. The first kappa shape index (κ1) is 12.1. The minimum Gasteiger partial charge on any atom is -0.392 e. The zero-order valence-corrected chi connectivity index (χ0v) is 9.99. The lowest BCUT2D eigenvalue weighted by atomic mass is 9.88. The minimum absolute atomic E-state index is 0.0170. The number of amides is 1. The third-order valence-corrected chi connectivity index (χ3v) is 3.35. The highest BCUT2D eigenvalue weighted by Crippen LogP contribution is 2.27. The van der Waals surface area contributed by atoms with E-state index in [0.717, 1.165) is 18.5 Å². The number of carbonyl (C=O) groups excluding carboxylic acids is 1. The molecule has 1 aromatic carbocycles. The number of carbonyl (C=O) groups is 1. The molecule has 1 unspecified atom stereocenters. The Kier molecular flexibility index (Phi) is 3.45. The molecule has 92 valence electrons. The van der Waals surface area contributed by atoms with E-state index in [2.05, 4.69) is 10.6 Å². The molecule has 2 rings (SSSR count). The van der Waals surface area contributed by atoms with Crippen molar-refractivity contribution in [2.24, 2.45) is 5.41 Å². The van der Waals surface area contributed by atoms with Crippen LogP contribution in [-0.2, 0) is 11.4 Å². The van der Waals surface area contributed by atoms with Gasteiger partial charge in [0.15, 0.2) is 0 Å². The van der Waals surface area contributed by atoms with Crippen LogP contribution < -0.4 is 10.6 Å². The van der Waals surface area contributed by atoms with Crippen molar-refractivity contribution in [1.82, 2.24) is 5.32 Å². The average Bonchev–Trinajstić information content (AvgIpc) is 2.78. The van der Waals surface area contributed by atoms with Gasteiger partial charge in [-0.15, -0.1) is 0 Å². The van der Waals surface area contributed by atoms with E-state index in [0.29, 0.717) is 12.2 Å². The van der Waals surface area contributed by atoms with Crippen LogP contribution in [0.4, 0.5) is 5.69 Å². The number of hydrogen-bond acceptors (Lipinski definition) is 3. The van der Waals surface area contributed by atoms with Gasteiger partial charge in [0.05, 0.1) is 12.0 Å². The normalized spacial score (nSPS) is 23.6. The van der Waals surface area contributed by atoms with Crippen LogP contribution in [0.15, 0.2) is 24.3 Å². The number of aliphatic hydroxyl groups is 1. The number of rotatable bonds is 3. The van der Waals surface area contributed by atoms with Gasteiger partial charge in [0.25, 0.3) is 0 Å². The topological polar surface area (TPSA) is 61.4 Å². The van der Waals surface area contributed by atoms with E-state index in [4.69, 9.17) is 0 Å². The van der Waals surface area contributed by atoms with Crippen molar-refractivity contribution in [2.45, 2.75) is 20.0 Å². The van der Waals surface area contributed by atoms with Crippen LogP contribution in [-0.4, -0.2) is 24.1 Å². The fourth-order valence-corrected chi connectivity index (χ4v) is 2.06. The van der Waals surface area contributed by atoms with Crippen molar-refractivity contribution in [1.29, 1.82) is 0 Å². The Hall–Kier alpha value is -1.39. The molecule has 1 aliphatic rings. The molecule has 0 spiro atoms. The Balaban J connectivity index is 2.12. The number of para-hydroxylation sites is 1. The van der Waals surface area contributed by atoms with Gasteiger partial charge in [0.2, 0.25) is 5.91 Å². The van der Waals surface area contributed by atoms with E-state index < -0.39 is 0 Å². The van der Waals surface area contributed by atoms with E-state index in [9.17, 15) is 9.90 Å². The van der Waals surface area contributed by atoms with Crippen molar-refractivity contribution in [3.05, 3.63) is 29.8 Å².